The number of benzene rings is 10. The zero-order valence-electron chi connectivity index (χ0n) is 35.0. The molecule has 11 rings (SSSR count). The Hall–Kier alpha value is -6.24. The summed E-state index contributed by atoms with van der Waals surface area (Å²) >= 11 is 0. The second-order valence-corrected chi connectivity index (χ2v) is 13.2. The first-order valence-corrected chi connectivity index (χ1v) is 21.1. The van der Waals surface area contributed by atoms with Gasteiger partial charge in [0.15, 0.2) is 0 Å². The molecule has 0 fully saturated rings. The summed E-state index contributed by atoms with van der Waals surface area (Å²) in [6.45, 7) is 16.0. The quantitative estimate of drug-likeness (QED) is 0.155. The van der Waals surface area contributed by atoms with Gasteiger partial charge in [-0.15, -0.1) is 0 Å². The average Bonchev–Trinajstić information content (AvgIpc) is 3.61. The zero-order valence-corrected chi connectivity index (χ0v) is 35.0. The first-order valence-electron chi connectivity index (χ1n) is 21.1. The lowest BCUT2D eigenvalue weighted by Gasteiger charge is -2.16. The summed E-state index contributed by atoms with van der Waals surface area (Å²) in [6.07, 6.45) is 0.920. The van der Waals surface area contributed by atoms with Crippen LogP contribution in [-0.2, 0) is 6.42 Å². The van der Waals surface area contributed by atoms with Gasteiger partial charge in [0.1, 0.15) is 0 Å². The maximum atomic E-state index is 2.33. The van der Waals surface area contributed by atoms with Gasteiger partial charge in [0.25, 0.3) is 0 Å². The molecule has 0 N–H and O–H groups in total. The van der Waals surface area contributed by atoms with Crippen LogP contribution in [0.25, 0.3) is 86.9 Å². The van der Waals surface area contributed by atoms with E-state index >= 15 is 0 Å². The van der Waals surface area contributed by atoms with Gasteiger partial charge >= 0.3 is 0 Å². The zero-order chi connectivity index (χ0) is 40.3. The molecule has 0 aromatic heterocycles. The molecule has 10 aromatic carbocycles. The molecule has 0 saturated heterocycles. The lowest BCUT2D eigenvalue weighted by atomic mass is 9.88. The normalized spacial score (nSPS) is 10.5. The summed E-state index contributed by atoms with van der Waals surface area (Å²) in [7, 11) is 0. The molecule has 0 saturated carbocycles. The molecule has 0 atom stereocenters. The van der Waals surface area contributed by atoms with E-state index in [0.29, 0.717) is 0 Å². The molecular formula is C57H56. The molecule has 0 amide bonds. The van der Waals surface area contributed by atoms with Crippen LogP contribution in [0.2, 0.25) is 0 Å². The van der Waals surface area contributed by atoms with E-state index in [0.717, 1.165) is 6.42 Å². The van der Waals surface area contributed by atoms with Crippen LogP contribution in [0.15, 0.2) is 182 Å². The van der Waals surface area contributed by atoms with Gasteiger partial charge in [-0.1, -0.05) is 213 Å². The maximum absolute atomic E-state index is 2.33. The van der Waals surface area contributed by atoms with E-state index < -0.39 is 0 Å². The van der Waals surface area contributed by atoms with E-state index in [1.807, 2.05) is 55.4 Å². The van der Waals surface area contributed by atoms with Crippen molar-refractivity contribution in [2.75, 3.05) is 0 Å². The first-order chi connectivity index (χ1) is 28.3. The third kappa shape index (κ3) is 7.78. The summed E-state index contributed by atoms with van der Waals surface area (Å²) < 4.78 is 0. The van der Waals surface area contributed by atoms with E-state index in [4.69, 9.17) is 0 Å². The predicted octanol–water partition coefficient (Wildman–Crippen LogP) is 17.6. The van der Waals surface area contributed by atoms with Gasteiger partial charge in [-0.2, -0.15) is 0 Å². The Kier molecular flexibility index (Phi) is 13.5. The number of rotatable bonds is 2. The number of hydrogen-bond acceptors (Lipinski definition) is 0. The Bertz CT molecular complexity index is 2610. The van der Waals surface area contributed by atoms with Crippen molar-refractivity contribution >= 4 is 64.6 Å². The Labute approximate surface area is 340 Å². The standard InChI is InChI=1S/C29H20.C20H12.4C2H6/c1-5-13-24-20(9-1)17-21-10-2-6-14-25(21)28(24)19-29-26-15-7-3-11-22(26)18-23-12-4-8-16-27(23)29;1-2-6-15-12-19-17-10-4-8-13-7-3-9-16(20(13)17)18(19)11-14(15)5-1;4*1-2/h1-18H,19H2;1-12H;4*1-2H3. The fourth-order valence-electron chi connectivity index (χ4n) is 8.25. The topological polar surface area (TPSA) is 0 Å². The van der Waals surface area contributed by atoms with E-state index in [-0.39, 0.29) is 0 Å². The van der Waals surface area contributed by atoms with Gasteiger partial charge in [-0.05, 0) is 129 Å². The lowest BCUT2D eigenvalue weighted by molar-refractivity contribution is 1.28. The van der Waals surface area contributed by atoms with Crippen molar-refractivity contribution in [2.24, 2.45) is 0 Å². The highest BCUT2D eigenvalue weighted by atomic mass is 14.2. The van der Waals surface area contributed by atoms with Gasteiger partial charge in [0, 0.05) is 0 Å². The minimum Gasteiger partial charge on any atom is -0.0683 e. The molecule has 57 heavy (non-hydrogen) atoms. The molecule has 10 aromatic rings. The fourth-order valence-corrected chi connectivity index (χ4v) is 8.25. The predicted molar refractivity (Wildman–Crippen MR) is 257 cm³/mol. The van der Waals surface area contributed by atoms with Crippen LogP contribution in [0, 0.1) is 0 Å². The molecule has 1 aliphatic carbocycles. The molecule has 284 valence electrons. The minimum atomic E-state index is 0.920. The average molecular weight is 741 g/mol. The van der Waals surface area contributed by atoms with Crippen LogP contribution in [0.3, 0.4) is 0 Å². The number of hydrogen-bond donors (Lipinski definition) is 0. The molecule has 0 bridgehead atoms. The van der Waals surface area contributed by atoms with Crippen molar-refractivity contribution in [1.29, 1.82) is 0 Å². The second-order valence-electron chi connectivity index (χ2n) is 13.2. The van der Waals surface area contributed by atoms with Gasteiger partial charge in [0.2, 0.25) is 0 Å². The van der Waals surface area contributed by atoms with Crippen molar-refractivity contribution in [3.63, 3.8) is 0 Å². The van der Waals surface area contributed by atoms with Gasteiger partial charge < -0.3 is 0 Å². The van der Waals surface area contributed by atoms with Crippen LogP contribution >= 0.6 is 0 Å². The van der Waals surface area contributed by atoms with Crippen LogP contribution in [-0.4, -0.2) is 0 Å². The molecule has 0 aliphatic heterocycles. The monoisotopic (exact) mass is 740 g/mol. The molecule has 0 spiro atoms. The van der Waals surface area contributed by atoms with Crippen molar-refractivity contribution < 1.29 is 0 Å². The summed E-state index contributed by atoms with van der Waals surface area (Å²) in [4.78, 5) is 0. The molecular weight excluding hydrogens is 685 g/mol. The summed E-state index contributed by atoms with van der Waals surface area (Å²) in [5.41, 5.74) is 8.32. The van der Waals surface area contributed by atoms with Crippen LogP contribution < -0.4 is 0 Å². The van der Waals surface area contributed by atoms with Gasteiger partial charge in [0.05, 0.1) is 0 Å². The SMILES string of the molecule is CC.CC.CC.CC.c1ccc2c(Cc3c4ccccc4cc4ccccc34)c3ccccc3cc2c1.c1ccc2cc3c(cc2c1)-c1cccc2cccc-3c12. The maximum Gasteiger partial charge on any atom is -0.000112 e. The van der Waals surface area contributed by atoms with Gasteiger partial charge in [-0.25, -0.2) is 0 Å². The largest absolute Gasteiger partial charge is 0.0683 e. The second kappa shape index (κ2) is 19.1. The molecule has 0 unspecified atom stereocenters. The van der Waals surface area contributed by atoms with Crippen LogP contribution in [0.4, 0.5) is 0 Å². The third-order valence-corrected chi connectivity index (χ3v) is 10.5. The molecule has 0 radical (unpaired) electrons. The Morgan fingerprint density at radius 2 is 0.526 bits per heavy atom. The van der Waals surface area contributed by atoms with Crippen molar-refractivity contribution in [3.8, 4) is 22.3 Å². The van der Waals surface area contributed by atoms with Crippen LogP contribution in [0.1, 0.15) is 66.5 Å². The van der Waals surface area contributed by atoms with Crippen molar-refractivity contribution in [3.05, 3.63) is 193 Å². The Morgan fingerprint density at radius 3 is 0.860 bits per heavy atom. The molecule has 0 heterocycles. The summed E-state index contributed by atoms with van der Waals surface area (Å²) in [6, 6.07) is 66.2. The molecule has 0 nitrogen and oxygen atoms in total. The first kappa shape index (κ1) is 40.4. The van der Waals surface area contributed by atoms with Gasteiger partial charge in [-0.3, -0.25) is 0 Å². The van der Waals surface area contributed by atoms with E-state index in [1.54, 1.807) is 0 Å². The summed E-state index contributed by atoms with van der Waals surface area (Å²) in [5.74, 6) is 0. The highest BCUT2D eigenvalue weighted by Crippen LogP contribution is 2.48. The third-order valence-electron chi connectivity index (χ3n) is 10.5. The molecule has 1 aliphatic rings. The smallest absolute Gasteiger partial charge is 0.000112 e. The minimum absolute atomic E-state index is 0.920. The number of fused-ring (bicyclic) bond motifs is 8. The highest BCUT2D eigenvalue weighted by Gasteiger charge is 2.21. The fraction of sp³-hybridized carbons (Fsp3) is 0.158. The Morgan fingerprint density at radius 1 is 0.246 bits per heavy atom. The summed E-state index contributed by atoms with van der Waals surface area (Å²) in [5, 5.41) is 16.0. The lowest BCUT2D eigenvalue weighted by Crippen LogP contribution is -1.95. The van der Waals surface area contributed by atoms with E-state index in [9.17, 15) is 0 Å². The molecule has 0 heteroatoms. The van der Waals surface area contributed by atoms with Crippen LogP contribution in [0.5, 0.6) is 0 Å². The Balaban J connectivity index is 0.000000171. The van der Waals surface area contributed by atoms with Crippen molar-refractivity contribution in [1.82, 2.24) is 0 Å². The highest BCUT2D eigenvalue weighted by molar-refractivity contribution is 6.17. The van der Waals surface area contributed by atoms with E-state index in [1.165, 1.54) is 98.0 Å². The van der Waals surface area contributed by atoms with Crippen molar-refractivity contribution in [2.45, 2.75) is 61.8 Å². The van der Waals surface area contributed by atoms with E-state index in [2.05, 4.69) is 182 Å².